The zero-order valence-electron chi connectivity index (χ0n) is 20.1. The van der Waals surface area contributed by atoms with Crippen LogP contribution in [-0.2, 0) is 53.8 Å². The molecule has 0 fully saturated rings. The summed E-state index contributed by atoms with van der Waals surface area (Å²) < 4.78 is 82.0. The molecule has 188 valence electrons. The van der Waals surface area contributed by atoms with Crippen molar-refractivity contribution in [2.24, 2.45) is 0 Å². The Labute approximate surface area is 187 Å². The van der Waals surface area contributed by atoms with Crippen molar-refractivity contribution in [3.8, 4) is 0 Å². The van der Waals surface area contributed by atoms with Gasteiger partial charge in [0.2, 0.25) is 0 Å². The fourth-order valence-electron chi connectivity index (χ4n) is 3.47. The lowest BCUT2D eigenvalue weighted by Crippen LogP contribution is -2.47. The normalized spacial score (nSPS) is 14.3. The maximum Gasteiger partial charge on any atom is 0.500 e. The van der Waals surface area contributed by atoms with Crippen molar-refractivity contribution in [2.45, 2.75) is 29.8 Å². The summed E-state index contributed by atoms with van der Waals surface area (Å²) in [6, 6.07) is 0.233. The van der Waals surface area contributed by atoms with E-state index in [0.29, 0.717) is 0 Å². The minimum atomic E-state index is -4.11. The maximum atomic E-state index is 13.9. The van der Waals surface area contributed by atoms with E-state index >= 15 is 0 Å². The summed E-state index contributed by atoms with van der Waals surface area (Å²) in [6.45, 7) is 0. The molecule has 0 saturated heterocycles. The molecule has 0 bridgehead atoms. The summed E-state index contributed by atoms with van der Waals surface area (Å²) in [7, 11) is -1.12. The van der Waals surface area contributed by atoms with E-state index in [0.717, 1.165) is 0 Å². The molecular weight excluding hydrogens is 490 g/mol. The molecule has 0 aliphatic rings. The van der Waals surface area contributed by atoms with Crippen LogP contribution in [0.3, 0.4) is 0 Å². The van der Waals surface area contributed by atoms with Gasteiger partial charge >= 0.3 is 32.8 Å². The van der Waals surface area contributed by atoms with Crippen LogP contribution in [0.25, 0.3) is 0 Å². The first-order valence-corrected chi connectivity index (χ1v) is 16.2. The molecule has 0 aromatic carbocycles. The van der Waals surface area contributed by atoms with Crippen LogP contribution in [0.4, 0.5) is 0 Å². The third-order valence-corrected chi connectivity index (χ3v) is 17.3. The lowest BCUT2D eigenvalue weighted by atomic mass is 10.2. The summed E-state index contributed by atoms with van der Waals surface area (Å²) in [5, 5.41) is 0. The van der Waals surface area contributed by atoms with Crippen molar-refractivity contribution in [1.82, 2.24) is 0 Å². The smallest absolute Gasteiger partial charge is 0.377 e. The standard InChI is InChI=1S/C15H38O12P2Si2/c1-18-28(16,19-2)15(29(17,20-3)21-4,11-13-30(22-5,23-6)24-7)12-14-31(25-8,26-9)27-10/h11-14H2,1-10H3. The predicted octanol–water partition coefficient (Wildman–Crippen LogP) is 3.19. The van der Waals surface area contributed by atoms with E-state index in [9.17, 15) is 9.13 Å². The molecule has 0 radical (unpaired) electrons. The highest BCUT2D eigenvalue weighted by Gasteiger charge is 2.65. The second kappa shape index (κ2) is 13.4. The summed E-state index contributed by atoms with van der Waals surface area (Å²) in [6.07, 6.45) is -0.122. The summed E-state index contributed by atoms with van der Waals surface area (Å²) in [4.78, 5) is -1.77. The zero-order chi connectivity index (χ0) is 24.4. The monoisotopic (exact) mass is 528 g/mol. The highest BCUT2D eigenvalue weighted by atomic mass is 31.2. The van der Waals surface area contributed by atoms with Gasteiger partial charge in [-0.1, -0.05) is 0 Å². The molecule has 0 spiro atoms. The molecule has 31 heavy (non-hydrogen) atoms. The highest BCUT2D eigenvalue weighted by molar-refractivity contribution is 7.74. The fourth-order valence-corrected chi connectivity index (χ4v) is 13.4. The van der Waals surface area contributed by atoms with Crippen LogP contribution in [0.2, 0.25) is 12.1 Å². The van der Waals surface area contributed by atoms with Gasteiger partial charge in [-0.2, -0.15) is 0 Å². The Balaban J connectivity index is 6.74. The molecule has 12 nitrogen and oxygen atoms in total. The molecule has 0 amide bonds. The molecule has 0 unspecified atom stereocenters. The van der Waals surface area contributed by atoms with Crippen LogP contribution in [0.1, 0.15) is 12.8 Å². The van der Waals surface area contributed by atoms with Crippen LogP contribution in [-0.4, -0.2) is 93.6 Å². The third-order valence-electron chi connectivity index (χ3n) is 5.51. The van der Waals surface area contributed by atoms with Gasteiger partial charge in [-0.3, -0.25) is 9.13 Å². The van der Waals surface area contributed by atoms with Gasteiger partial charge in [0.15, 0.2) is 4.90 Å². The molecular formula is C15H38O12P2Si2. The van der Waals surface area contributed by atoms with Crippen molar-refractivity contribution in [2.75, 3.05) is 71.1 Å². The lowest BCUT2D eigenvalue weighted by Gasteiger charge is -2.42. The van der Waals surface area contributed by atoms with Gasteiger partial charge in [-0.15, -0.1) is 0 Å². The van der Waals surface area contributed by atoms with E-state index in [1.165, 1.54) is 71.1 Å². The summed E-state index contributed by atoms with van der Waals surface area (Å²) in [5.74, 6) is 0. The van der Waals surface area contributed by atoms with Gasteiger partial charge in [-0.05, 0) is 12.8 Å². The topological polar surface area (TPSA) is 126 Å². The third kappa shape index (κ3) is 6.34. The Kier molecular flexibility index (Phi) is 13.6. The van der Waals surface area contributed by atoms with Crippen LogP contribution < -0.4 is 0 Å². The van der Waals surface area contributed by atoms with Gasteiger partial charge in [-0.25, -0.2) is 0 Å². The highest BCUT2D eigenvalue weighted by Crippen LogP contribution is 2.80. The van der Waals surface area contributed by atoms with E-state index in [4.69, 9.17) is 44.7 Å². The van der Waals surface area contributed by atoms with Gasteiger partial charge in [0, 0.05) is 83.2 Å². The minimum Gasteiger partial charge on any atom is -0.377 e. The number of rotatable bonds is 18. The average Bonchev–Trinajstić information content (AvgIpc) is 2.83. The van der Waals surface area contributed by atoms with Crippen LogP contribution in [0.15, 0.2) is 0 Å². The molecule has 16 heteroatoms. The SMILES string of the molecule is CO[Si](CCC(CC[Si](OC)(OC)OC)(P(=O)(OC)OC)P(=O)(OC)OC)(OC)OC. The first kappa shape index (κ1) is 31.5. The molecule has 0 aliphatic carbocycles. The van der Waals surface area contributed by atoms with E-state index in [1.54, 1.807) is 0 Å². The molecule has 0 atom stereocenters. The lowest BCUT2D eigenvalue weighted by molar-refractivity contribution is 0.118. The van der Waals surface area contributed by atoms with Crippen LogP contribution >= 0.6 is 15.2 Å². The Morgan fingerprint density at radius 3 is 0.903 bits per heavy atom. The van der Waals surface area contributed by atoms with Gasteiger partial charge < -0.3 is 44.7 Å². The molecule has 0 aliphatic heterocycles. The number of hydrogen-bond donors (Lipinski definition) is 0. The van der Waals surface area contributed by atoms with Gasteiger partial charge in [0.05, 0.1) is 0 Å². The van der Waals surface area contributed by atoms with Crippen molar-refractivity contribution in [1.29, 1.82) is 0 Å². The molecule has 0 saturated carbocycles. The number of hydrogen-bond acceptors (Lipinski definition) is 12. The zero-order valence-corrected chi connectivity index (χ0v) is 23.9. The van der Waals surface area contributed by atoms with Crippen LogP contribution in [0, 0.1) is 0 Å². The molecule has 0 aromatic rings. The predicted molar refractivity (Wildman–Crippen MR) is 118 cm³/mol. The Hall–Kier alpha value is 0.494. The second-order valence-corrected chi connectivity index (χ2v) is 18.0. The van der Waals surface area contributed by atoms with Crippen molar-refractivity contribution in [3.63, 3.8) is 0 Å². The molecule has 0 heterocycles. The second-order valence-electron chi connectivity index (χ2n) is 6.30. The first-order valence-electron chi connectivity index (χ1n) is 9.26. The van der Waals surface area contributed by atoms with E-state index in [-0.39, 0.29) is 24.9 Å². The Morgan fingerprint density at radius 1 is 0.516 bits per heavy atom. The molecule has 0 N–H and O–H groups in total. The van der Waals surface area contributed by atoms with E-state index in [1.807, 2.05) is 0 Å². The van der Waals surface area contributed by atoms with E-state index < -0.39 is 37.7 Å². The quantitative estimate of drug-likeness (QED) is 0.191. The van der Waals surface area contributed by atoms with Crippen LogP contribution in [0.5, 0.6) is 0 Å². The van der Waals surface area contributed by atoms with Crippen molar-refractivity contribution in [3.05, 3.63) is 0 Å². The Bertz CT molecular complexity index is 530. The maximum absolute atomic E-state index is 13.9. The average molecular weight is 529 g/mol. The van der Waals surface area contributed by atoms with E-state index in [2.05, 4.69) is 0 Å². The Morgan fingerprint density at radius 2 is 0.742 bits per heavy atom. The largest absolute Gasteiger partial charge is 0.500 e. The van der Waals surface area contributed by atoms with Crippen molar-refractivity contribution < 1.29 is 53.8 Å². The molecule has 0 aromatic heterocycles. The minimum absolute atomic E-state index is 0.0612. The van der Waals surface area contributed by atoms with Gasteiger partial charge in [0.1, 0.15) is 0 Å². The van der Waals surface area contributed by atoms with Gasteiger partial charge in [0.25, 0.3) is 0 Å². The summed E-state index contributed by atoms with van der Waals surface area (Å²) >= 11 is 0. The first-order chi connectivity index (χ1) is 14.5. The molecule has 0 rings (SSSR count). The fraction of sp³-hybridized carbons (Fsp3) is 1.00. The summed E-state index contributed by atoms with van der Waals surface area (Å²) in [5.41, 5.74) is 0. The van der Waals surface area contributed by atoms with Crippen molar-refractivity contribution >= 4 is 32.8 Å².